The number of carboxylic acids is 1. The fraction of sp³-hybridized carbons (Fsp3) is 0. The van der Waals surface area contributed by atoms with Gasteiger partial charge >= 0.3 is 0 Å². The van der Waals surface area contributed by atoms with E-state index >= 15 is 0 Å². The van der Waals surface area contributed by atoms with Crippen LogP contribution < -0.4 is 10.4 Å². The Morgan fingerprint density at radius 3 is 2.61 bits per heavy atom. The number of carbonyl (C=O) groups excluding carboxylic acids is 2. The molecule has 18 heavy (non-hydrogen) atoms. The maximum absolute atomic E-state index is 11.8. The smallest absolute Gasteiger partial charge is 0.265 e. The molecule has 1 amide bonds. The van der Waals surface area contributed by atoms with E-state index in [2.05, 4.69) is 21.2 Å². The van der Waals surface area contributed by atoms with Gasteiger partial charge in [0.25, 0.3) is 5.91 Å². The average molecular weight is 325 g/mol. The number of hydrogen-bond acceptors (Lipinski definition) is 4. The second kappa shape index (κ2) is 5.32. The number of aromatic carboxylic acids is 1. The van der Waals surface area contributed by atoms with E-state index in [9.17, 15) is 14.7 Å². The average Bonchev–Trinajstić information content (AvgIpc) is 2.76. The molecule has 0 bridgehead atoms. The zero-order valence-electron chi connectivity index (χ0n) is 8.98. The van der Waals surface area contributed by atoms with E-state index in [1.54, 1.807) is 24.3 Å². The highest BCUT2D eigenvalue weighted by Crippen LogP contribution is 2.23. The van der Waals surface area contributed by atoms with Crippen LogP contribution in [0.25, 0.3) is 0 Å². The summed E-state index contributed by atoms with van der Waals surface area (Å²) in [6, 6.07) is 9.39. The van der Waals surface area contributed by atoms with E-state index in [1.807, 2.05) is 0 Å². The first-order valence-corrected chi connectivity index (χ1v) is 6.55. The summed E-state index contributed by atoms with van der Waals surface area (Å²) in [4.78, 5) is 23.1. The normalized spacial score (nSPS) is 10.1. The zero-order chi connectivity index (χ0) is 13.1. The standard InChI is InChI=1S/C12H8BrNO3S/c13-10-5-4-9(18-10)11(15)14-8-3-1-2-7(6-8)12(16)17/h1-6H,(H,14,15)(H,16,17)/p-1. The van der Waals surface area contributed by atoms with Crippen molar-refractivity contribution in [2.45, 2.75) is 0 Å². The van der Waals surface area contributed by atoms with E-state index in [0.717, 1.165) is 3.79 Å². The first kappa shape index (κ1) is 12.8. The Morgan fingerprint density at radius 2 is 2.00 bits per heavy atom. The lowest BCUT2D eigenvalue weighted by Crippen LogP contribution is -2.22. The predicted molar refractivity (Wildman–Crippen MR) is 70.7 cm³/mol. The summed E-state index contributed by atoms with van der Waals surface area (Å²) >= 11 is 4.57. The molecule has 0 aliphatic carbocycles. The van der Waals surface area contributed by atoms with Gasteiger partial charge in [-0.3, -0.25) is 4.79 Å². The number of nitrogens with one attached hydrogen (secondary N) is 1. The fourth-order valence-electron chi connectivity index (χ4n) is 1.35. The van der Waals surface area contributed by atoms with Crippen molar-refractivity contribution < 1.29 is 14.7 Å². The molecule has 6 heteroatoms. The van der Waals surface area contributed by atoms with Crippen molar-refractivity contribution in [1.82, 2.24) is 0 Å². The summed E-state index contributed by atoms with van der Waals surface area (Å²) in [5.74, 6) is -1.55. The number of carboxylic acid groups (broad SMARTS) is 1. The molecule has 92 valence electrons. The van der Waals surface area contributed by atoms with Crippen molar-refractivity contribution in [3.05, 3.63) is 50.6 Å². The van der Waals surface area contributed by atoms with Gasteiger partial charge in [-0.15, -0.1) is 11.3 Å². The van der Waals surface area contributed by atoms with E-state index in [-0.39, 0.29) is 11.5 Å². The number of halogens is 1. The molecule has 0 aliphatic rings. The highest BCUT2D eigenvalue weighted by molar-refractivity contribution is 9.11. The van der Waals surface area contributed by atoms with Crippen LogP contribution in [0.5, 0.6) is 0 Å². The molecular weight excluding hydrogens is 318 g/mol. The van der Waals surface area contributed by atoms with Crippen molar-refractivity contribution >= 4 is 44.8 Å². The van der Waals surface area contributed by atoms with Crippen molar-refractivity contribution in [2.75, 3.05) is 5.32 Å². The van der Waals surface area contributed by atoms with Gasteiger partial charge < -0.3 is 15.2 Å². The molecule has 2 aromatic rings. The summed E-state index contributed by atoms with van der Waals surface area (Å²) in [7, 11) is 0. The molecule has 0 saturated heterocycles. The Balaban J connectivity index is 2.16. The van der Waals surface area contributed by atoms with Gasteiger partial charge in [-0.05, 0) is 45.8 Å². The Hall–Kier alpha value is -1.66. The van der Waals surface area contributed by atoms with Crippen LogP contribution in [0.2, 0.25) is 0 Å². The van der Waals surface area contributed by atoms with Crippen LogP contribution in [-0.4, -0.2) is 11.9 Å². The largest absolute Gasteiger partial charge is 0.545 e. The van der Waals surface area contributed by atoms with E-state index in [1.165, 1.54) is 23.5 Å². The van der Waals surface area contributed by atoms with E-state index < -0.39 is 5.97 Å². The van der Waals surface area contributed by atoms with Gasteiger partial charge in [-0.25, -0.2) is 0 Å². The van der Waals surface area contributed by atoms with Crippen LogP contribution in [0, 0.1) is 0 Å². The molecule has 0 saturated carbocycles. The van der Waals surface area contributed by atoms with E-state index in [0.29, 0.717) is 10.6 Å². The summed E-state index contributed by atoms with van der Waals surface area (Å²) in [5, 5.41) is 13.3. The number of amides is 1. The molecule has 1 N–H and O–H groups in total. The van der Waals surface area contributed by atoms with Gasteiger partial charge in [0, 0.05) is 5.69 Å². The van der Waals surface area contributed by atoms with Crippen molar-refractivity contribution in [3.8, 4) is 0 Å². The van der Waals surface area contributed by atoms with Crippen LogP contribution in [-0.2, 0) is 0 Å². The molecule has 1 heterocycles. The van der Waals surface area contributed by atoms with Crippen molar-refractivity contribution in [1.29, 1.82) is 0 Å². The van der Waals surface area contributed by atoms with Gasteiger partial charge in [-0.1, -0.05) is 12.1 Å². The molecule has 1 aromatic carbocycles. The fourth-order valence-corrected chi connectivity index (χ4v) is 2.63. The maximum Gasteiger partial charge on any atom is 0.265 e. The number of rotatable bonds is 3. The molecule has 0 fully saturated rings. The number of thiophene rings is 1. The van der Waals surface area contributed by atoms with E-state index in [4.69, 9.17) is 0 Å². The van der Waals surface area contributed by atoms with Gasteiger partial charge in [0.2, 0.25) is 0 Å². The second-order valence-corrected chi connectivity index (χ2v) is 5.89. The minimum atomic E-state index is -1.27. The van der Waals surface area contributed by atoms with Crippen LogP contribution in [0.3, 0.4) is 0 Å². The Labute approximate surface area is 115 Å². The lowest BCUT2D eigenvalue weighted by molar-refractivity contribution is -0.255. The predicted octanol–water partition coefficient (Wildman–Crippen LogP) is 2.13. The maximum atomic E-state index is 11.8. The third-order valence-electron chi connectivity index (χ3n) is 2.15. The number of anilines is 1. The Kier molecular flexibility index (Phi) is 3.78. The summed E-state index contributed by atoms with van der Waals surface area (Å²) in [6.07, 6.45) is 0. The molecule has 0 unspecified atom stereocenters. The van der Waals surface area contributed by atoms with Gasteiger partial charge in [0.1, 0.15) is 0 Å². The SMILES string of the molecule is O=C([O-])c1cccc(NC(=O)c2ccc(Br)s2)c1. The van der Waals surface area contributed by atoms with Crippen molar-refractivity contribution in [3.63, 3.8) is 0 Å². The molecule has 1 aromatic heterocycles. The quantitative estimate of drug-likeness (QED) is 0.940. The van der Waals surface area contributed by atoms with Crippen LogP contribution in [0.1, 0.15) is 20.0 Å². The first-order chi connectivity index (χ1) is 8.56. The lowest BCUT2D eigenvalue weighted by atomic mass is 10.2. The monoisotopic (exact) mass is 324 g/mol. The summed E-state index contributed by atoms with van der Waals surface area (Å²) in [5.41, 5.74) is 0.450. The first-order valence-electron chi connectivity index (χ1n) is 4.94. The van der Waals surface area contributed by atoms with Gasteiger partial charge in [-0.2, -0.15) is 0 Å². The van der Waals surface area contributed by atoms with Gasteiger partial charge in [0.15, 0.2) is 0 Å². The van der Waals surface area contributed by atoms with Crippen LogP contribution in [0.4, 0.5) is 5.69 Å². The molecule has 2 rings (SSSR count). The summed E-state index contributed by atoms with van der Waals surface area (Å²) in [6.45, 7) is 0. The molecular formula is C12H7BrNO3S-. The molecule has 0 spiro atoms. The topological polar surface area (TPSA) is 69.2 Å². The Morgan fingerprint density at radius 1 is 1.22 bits per heavy atom. The number of benzene rings is 1. The number of carbonyl (C=O) groups is 2. The minimum absolute atomic E-state index is 0.0279. The third-order valence-corrected chi connectivity index (χ3v) is 3.78. The number of hydrogen-bond donors (Lipinski definition) is 1. The molecule has 4 nitrogen and oxygen atoms in total. The zero-order valence-corrected chi connectivity index (χ0v) is 11.4. The lowest BCUT2D eigenvalue weighted by Gasteiger charge is -2.06. The summed E-state index contributed by atoms with van der Waals surface area (Å²) < 4.78 is 0.858. The van der Waals surface area contributed by atoms with Gasteiger partial charge in [0.05, 0.1) is 14.6 Å². The van der Waals surface area contributed by atoms with Crippen LogP contribution >= 0.6 is 27.3 Å². The minimum Gasteiger partial charge on any atom is -0.545 e. The Bertz CT molecular complexity index is 609. The van der Waals surface area contributed by atoms with Crippen molar-refractivity contribution in [2.24, 2.45) is 0 Å². The second-order valence-electron chi connectivity index (χ2n) is 3.43. The third kappa shape index (κ3) is 2.96. The molecule has 0 radical (unpaired) electrons. The van der Waals surface area contributed by atoms with Crippen LogP contribution in [0.15, 0.2) is 40.2 Å². The highest BCUT2D eigenvalue weighted by atomic mass is 79.9. The highest BCUT2D eigenvalue weighted by Gasteiger charge is 2.08. The molecule has 0 aliphatic heterocycles. The molecule has 0 atom stereocenters.